The second-order valence-corrected chi connectivity index (χ2v) is 5.73. The Morgan fingerprint density at radius 3 is 2.95 bits per heavy atom. The molecule has 2 aromatic rings. The standard InChI is InChI=1S/C13H16N4S2/c1-3-9-7-16-13(19-9)8(2)17-12-10(11(14)18)5-4-6-15-12/h4-8H,3H2,1-2H3,(H2,14,18)(H,15,17). The Kier molecular flexibility index (Phi) is 4.44. The van der Waals surface area contributed by atoms with Crippen molar-refractivity contribution in [2.45, 2.75) is 26.3 Å². The van der Waals surface area contributed by atoms with E-state index in [-0.39, 0.29) is 6.04 Å². The summed E-state index contributed by atoms with van der Waals surface area (Å²) in [6.07, 6.45) is 4.65. The van der Waals surface area contributed by atoms with Gasteiger partial charge in [0.25, 0.3) is 0 Å². The van der Waals surface area contributed by atoms with Crippen LogP contribution in [-0.2, 0) is 6.42 Å². The summed E-state index contributed by atoms with van der Waals surface area (Å²) in [5.41, 5.74) is 6.45. The molecule has 0 fully saturated rings. The zero-order valence-corrected chi connectivity index (χ0v) is 12.5. The average Bonchev–Trinajstić information content (AvgIpc) is 2.88. The molecule has 19 heavy (non-hydrogen) atoms. The van der Waals surface area contributed by atoms with Crippen molar-refractivity contribution in [1.29, 1.82) is 0 Å². The van der Waals surface area contributed by atoms with Crippen molar-refractivity contribution in [1.82, 2.24) is 9.97 Å². The van der Waals surface area contributed by atoms with Crippen molar-refractivity contribution in [2.75, 3.05) is 5.32 Å². The van der Waals surface area contributed by atoms with Gasteiger partial charge in [0.2, 0.25) is 0 Å². The lowest BCUT2D eigenvalue weighted by Gasteiger charge is -2.14. The van der Waals surface area contributed by atoms with Gasteiger partial charge in [-0.15, -0.1) is 11.3 Å². The Balaban J connectivity index is 2.19. The fourth-order valence-electron chi connectivity index (χ4n) is 1.67. The van der Waals surface area contributed by atoms with E-state index in [1.165, 1.54) is 4.88 Å². The van der Waals surface area contributed by atoms with Crippen molar-refractivity contribution in [2.24, 2.45) is 5.73 Å². The molecule has 3 N–H and O–H groups in total. The molecule has 2 aromatic heterocycles. The second kappa shape index (κ2) is 6.08. The van der Waals surface area contributed by atoms with Crippen LogP contribution >= 0.6 is 23.6 Å². The maximum absolute atomic E-state index is 5.69. The van der Waals surface area contributed by atoms with Crippen molar-refractivity contribution < 1.29 is 0 Å². The number of nitrogens with zero attached hydrogens (tertiary/aromatic N) is 2. The third-order valence-electron chi connectivity index (χ3n) is 2.72. The van der Waals surface area contributed by atoms with E-state index in [1.807, 2.05) is 18.3 Å². The molecule has 0 radical (unpaired) electrons. The molecule has 100 valence electrons. The van der Waals surface area contributed by atoms with Gasteiger partial charge in [-0.25, -0.2) is 9.97 Å². The van der Waals surface area contributed by atoms with Crippen LogP contribution in [0.1, 0.15) is 35.3 Å². The number of pyridine rings is 1. The third-order valence-corrected chi connectivity index (χ3v) is 4.26. The molecule has 1 unspecified atom stereocenters. The summed E-state index contributed by atoms with van der Waals surface area (Å²) in [6.45, 7) is 4.18. The van der Waals surface area contributed by atoms with Crippen molar-refractivity contribution in [3.05, 3.63) is 40.0 Å². The molecule has 2 heterocycles. The zero-order valence-electron chi connectivity index (χ0n) is 10.9. The molecule has 0 saturated heterocycles. The highest BCUT2D eigenvalue weighted by Crippen LogP contribution is 2.24. The Morgan fingerprint density at radius 1 is 1.53 bits per heavy atom. The molecule has 4 nitrogen and oxygen atoms in total. The summed E-state index contributed by atoms with van der Waals surface area (Å²) in [5, 5.41) is 4.35. The maximum Gasteiger partial charge on any atom is 0.136 e. The molecule has 0 bridgehead atoms. The number of nitrogens with two attached hydrogens (primary N) is 1. The Morgan fingerprint density at radius 2 is 2.32 bits per heavy atom. The van der Waals surface area contributed by atoms with Gasteiger partial charge in [0.05, 0.1) is 11.6 Å². The highest BCUT2D eigenvalue weighted by molar-refractivity contribution is 7.80. The quantitative estimate of drug-likeness (QED) is 0.830. The van der Waals surface area contributed by atoms with Crippen LogP contribution in [0.4, 0.5) is 5.82 Å². The molecule has 0 saturated carbocycles. The number of hydrogen-bond donors (Lipinski definition) is 2. The van der Waals surface area contributed by atoms with Gasteiger partial charge >= 0.3 is 0 Å². The highest BCUT2D eigenvalue weighted by atomic mass is 32.1. The van der Waals surface area contributed by atoms with Crippen molar-refractivity contribution in [3.63, 3.8) is 0 Å². The Bertz CT molecular complexity index is 580. The van der Waals surface area contributed by atoms with Gasteiger partial charge in [-0.1, -0.05) is 19.1 Å². The summed E-state index contributed by atoms with van der Waals surface area (Å²) in [4.78, 5) is 10.3. The summed E-state index contributed by atoms with van der Waals surface area (Å²) >= 11 is 6.74. The van der Waals surface area contributed by atoms with Crippen LogP contribution in [0.2, 0.25) is 0 Å². The lowest BCUT2D eigenvalue weighted by molar-refractivity contribution is 0.860. The number of anilines is 1. The molecule has 0 aliphatic heterocycles. The molecular weight excluding hydrogens is 276 g/mol. The minimum Gasteiger partial charge on any atom is -0.389 e. The Hall–Kier alpha value is -1.53. The van der Waals surface area contributed by atoms with Crippen molar-refractivity contribution >= 4 is 34.4 Å². The smallest absolute Gasteiger partial charge is 0.136 e. The average molecular weight is 292 g/mol. The van der Waals surface area contributed by atoms with Crippen LogP contribution < -0.4 is 11.1 Å². The summed E-state index contributed by atoms with van der Waals surface area (Å²) in [5.74, 6) is 0.704. The topological polar surface area (TPSA) is 63.8 Å². The van der Waals surface area contributed by atoms with Crippen LogP contribution in [0.3, 0.4) is 0 Å². The molecule has 1 atom stereocenters. The summed E-state index contributed by atoms with van der Waals surface area (Å²) in [7, 11) is 0. The number of nitrogens with one attached hydrogen (secondary N) is 1. The molecule has 2 rings (SSSR count). The minimum absolute atomic E-state index is 0.0771. The van der Waals surface area contributed by atoms with Crippen LogP contribution in [0.5, 0.6) is 0 Å². The lowest BCUT2D eigenvalue weighted by atomic mass is 10.2. The van der Waals surface area contributed by atoms with E-state index in [4.69, 9.17) is 18.0 Å². The monoisotopic (exact) mass is 292 g/mol. The SMILES string of the molecule is CCc1cnc(C(C)Nc2ncccc2C(N)=S)s1. The Labute approximate surface area is 122 Å². The van der Waals surface area contributed by atoms with Crippen LogP contribution in [0.15, 0.2) is 24.5 Å². The van der Waals surface area contributed by atoms with Gasteiger partial charge in [0, 0.05) is 17.3 Å². The van der Waals surface area contributed by atoms with E-state index in [2.05, 4.69) is 29.1 Å². The molecule has 0 aliphatic rings. The summed E-state index contributed by atoms with van der Waals surface area (Å²) < 4.78 is 0. The molecule has 0 aliphatic carbocycles. The van der Waals surface area contributed by atoms with E-state index >= 15 is 0 Å². The first-order chi connectivity index (χ1) is 9.11. The third kappa shape index (κ3) is 3.27. The first-order valence-electron chi connectivity index (χ1n) is 6.07. The summed E-state index contributed by atoms with van der Waals surface area (Å²) in [6, 6.07) is 3.76. The number of rotatable bonds is 5. The van der Waals surface area contributed by atoms with Gasteiger partial charge in [-0.2, -0.15) is 0 Å². The van der Waals surface area contributed by atoms with Gasteiger partial charge in [-0.05, 0) is 25.5 Å². The van der Waals surface area contributed by atoms with E-state index in [1.54, 1.807) is 17.5 Å². The molecule has 6 heteroatoms. The number of aromatic nitrogens is 2. The van der Waals surface area contributed by atoms with E-state index in [0.717, 1.165) is 17.0 Å². The highest BCUT2D eigenvalue weighted by Gasteiger charge is 2.13. The first-order valence-corrected chi connectivity index (χ1v) is 7.30. The lowest BCUT2D eigenvalue weighted by Crippen LogP contribution is -2.16. The normalized spacial score (nSPS) is 12.1. The number of aryl methyl sites for hydroxylation is 1. The van der Waals surface area contributed by atoms with E-state index in [0.29, 0.717) is 10.8 Å². The first kappa shape index (κ1) is 13.9. The number of thiocarbonyl (C=S) groups is 1. The molecule has 0 aromatic carbocycles. The van der Waals surface area contributed by atoms with Crippen LogP contribution in [0, 0.1) is 0 Å². The van der Waals surface area contributed by atoms with Gasteiger partial charge in [0.1, 0.15) is 15.8 Å². The molecular formula is C13H16N4S2. The van der Waals surface area contributed by atoms with Crippen LogP contribution in [-0.4, -0.2) is 15.0 Å². The molecule has 0 spiro atoms. The number of thiazole rings is 1. The van der Waals surface area contributed by atoms with E-state index in [9.17, 15) is 0 Å². The number of hydrogen-bond acceptors (Lipinski definition) is 5. The van der Waals surface area contributed by atoms with Gasteiger partial charge < -0.3 is 11.1 Å². The predicted octanol–water partition coefficient (Wildman–Crippen LogP) is 2.91. The predicted molar refractivity (Wildman–Crippen MR) is 83.7 cm³/mol. The fraction of sp³-hybridized carbons (Fsp3) is 0.308. The second-order valence-electron chi connectivity index (χ2n) is 4.15. The van der Waals surface area contributed by atoms with Crippen molar-refractivity contribution in [3.8, 4) is 0 Å². The maximum atomic E-state index is 5.69. The molecule has 0 amide bonds. The van der Waals surface area contributed by atoms with Gasteiger partial charge in [-0.3, -0.25) is 0 Å². The zero-order chi connectivity index (χ0) is 13.8. The largest absolute Gasteiger partial charge is 0.389 e. The van der Waals surface area contributed by atoms with Gasteiger partial charge in [0.15, 0.2) is 0 Å². The van der Waals surface area contributed by atoms with Crippen LogP contribution in [0.25, 0.3) is 0 Å². The minimum atomic E-state index is 0.0771. The fourth-order valence-corrected chi connectivity index (χ4v) is 2.70. The van der Waals surface area contributed by atoms with E-state index < -0.39 is 0 Å².